The Labute approximate surface area is 126 Å². The monoisotopic (exact) mass is 294 g/mol. The SMILES string of the molecule is CNC1CCC(N(C)CCC(=O)Nc2cc(C)on2)CC1. The highest BCUT2D eigenvalue weighted by Gasteiger charge is 2.23. The first-order chi connectivity index (χ1) is 10.1. The summed E-state index contributed by atoms with van der Waals surface area (Å²) in [5.74, 6) is 1.18. The molecular formula is C15H26N4O2. The molecule has 0 atom stereocenters. The molecule has 118 valence electrons. The molecule has 1 aliphatic carbocycles. The number of amides is 1. The molecule has 2 rings (SSSR count). The highest BCUT2D eigenvalue weighted by Crippen LogP contribution is 2.22. The molecule has 0 saturated heterocycles. The number of aromatic nitrogens is 1. The van der Waals surface area contributed by atoms with E-state index in [0.29, 0.717) is 30.1 Å². The summed E-state index contributed by atoms with van der Waals surface area (Å²) < 4.78 is 4.93. The minimum absolute atomic E-state index is 0.0148. The van der Waals surface area contributed by atoms with E-state index in [1.54, 1.807) is 13.0 Å². The zero-order chi connectivity index (χ0) is 15.2. The summed E-state index contributed by atoms with van der Waals surface area (Å²) in [6, 6.07) is 2.98. The summed E-state index contributed by atoms with van der Waals surface area (Å²) >= 11 is 0. The summed E-state index contributed by atoms with van der Waals surface area (Å²) in [5, 5.41) is 9.86. The normalized spacial score (nSPS) is 22.5. The van der Waals surface area contributed by atoms with Gasteiger partial charge in [0, 0.05) is 31.1 Å². The molecule has 2 N–H and O–H groups in total. The van der Waals surface area contributed by atoms with Crippen LogP contribution >= 0.6 is 0 Å². The number of nitrogens with zero attached hydrogens (tertiary/aromatic N) is 2. The molecule has 0 radical (unpaired) electrons. The van der Waals surface area contributed by atoms with Crippen LogP contribution in [-0.2, 0) is 4.79 Å². The van der Waals surface area contributed by atoms with Crippen molar-refractivity contribution in [3.8, 4) is 0 Å². The zero-order valence-corrected chi connectivity index (χ0v) is 13.2. The maximum atomic E-state index is 11.9. The Kier molecular flexibility index (Phi) is 5.76. The number of hydrogen-bond donors (Lipinski definition) is 2. The molecule has 1 heterocycles. The molecule has 1 amide bonds. The van der Waals surface area contributed by atoms with Crippen molar-refractivity contribution >= 4 is 11.7 Å². The van der Waals surface area contributed by atoms with Crippen LogP contribution in [0, 0.1) is 6.92 Å². The van der Waals surface area contributed by atoms with E-state index in [1.165, 1.54) is 25.7 Å². The van der Waals surface area contributed by atoms with Crippen LogP contribution in [0.5, 0.6) is 0 Å². The van der Waals surface area contributed by atoms with Crippen molar-refractivity contribution in [2.45, 2.75) is 51.1 Å². The van der Waals surface area contributed by atoms with Gasteiger partial charge in [-0.2, -0.15) is 0 Å². The smallest absolute Gasteiger partial charge is 0.226 e. The fourth-order valence-corrected chi connectivity index (χ4v) is 2.90. The van der Waals surface area contributed by atoms with Crippen LogP contribution in [-0.4, -0.2) is 48.7 Å². The molecule has 1 fully saturated rings. The van der Waals surface area contributed by atoms with Crippen molar-refractivity contribution in [2.24, 2.45) is 0 Å². The second-order valence-corrected chi connectivity index (χ2v) is 5.90. The lowest BCUT2D eigenvalue weighted by Crippen LogP contribution is -2.40. The molecule has 1 aromatic rings. The predicted molar refractivity (Wildman–Crippen MR) is 82.2 cm³/mol. The summed E-state index contributed by atoms with van der Waals surface area (Å²) in [6.07, 6.45) is 5.32. The molecule has 0 unspecified atom stereocenters. The van der Waals surface area contributed by atoms with Gasteiger partial charge in [0.05, 0.1) is 0 Å². The minimum atomic E-state index is -0.0148. The summed E-state index contributed by atoms with van der Waals surface area (Å²) in [5.41, 5.74) is 0. The molecule has 0 bridgehead atoms. The van der Waals surface area contributed by atoms with Gasteiger partial charge in [-0.3, -0.25) is 4.79 Å². The van der Waals surface area contributed by atoms with Gasteiger partial charge in [0.25, 0.3) is 0 Å². The number of hydrogen-bond acceptors (Lipinski definition) is 5. The van der Waals surface area contributed by atoms with E-state index < -0.39 is 0 Å². The van der Waals surface area contributed by atoms with Gasteiger partial charge in [-0.15, -0.1) is 0 Å². The van der Waals surface area contributed by atoms with Gasteiger partial charge < -0.3 is 20.1 Å². The lowest BCUT2D eigenvalue weighted by molar-refractivity contribution is -0.116. The number of nitrogens with one attached hydrogen (secondary N) is 2. The molecule has 0 aromatic carbocycles. The molecule has 6 heteroatoms. The molecule has 6 nitrogen and oxygen atoms in total. The van der Waals surface area contributed by atoms with Crippen LogP contribution in [0.3, 0.4) is 0 Å². The maximum Gasteiger partial charge on any atom is 0.226 e. The van der Waals surface area contributed by atoms with Crippen LogP contribution in [0.1, 0.15) is 37.9 Å². The van der Waals surface area contributed by atoms with Gasteiger partial charge in [-0.1, -0.05) is 5.16 Å². The average molecular weight is 294 g/mol. The van der Waals surface area contributed by atoms with Crippen molar-refractivity contribution < 1.29 is 9.32 Å². The van der Waals surface area contributed by atoms with Crippen LogP contribution in [0.4, 0.5) is 5.82 Å². The van der Waals surface area contributed by atoms with Crippen LogP contribution < -0.4 is 10.6 Å². The number of carbonyl (C=O) groups excluding carboxylic acids is 1. The van der Waals surface area contributed by atoms with Gasteiger partial charge in [-0.25, -0.2) is 0 Å². The second kappa shape index (κ2) is 7.56. The van der Waals surface area contributed by atoms with E-state index in [2.05, 4.69) is 27.7 Å². The fourth-order valence-electron chi connectivity index (χ4n) is 2.90. The van der Waals surface area contributed by atoms with Crippen molar-refractivity contribution in [3.05, 3.63) is 11.8 Å². The van der Waals surface area contributed by atoms with E-state index >= 15 is 0 Å². The second-order valence-electron chi connectivity index (χ2n) is 5.90. The lowest BCUT2D eigenvalue weighted by Gasteiger charge is -2.34. The average Bonchev–Trinajstić information content (AvgIpc) is 2.90. The molecule has 1 aliphatic rings. The van der Waals surface area contributed by atoms with Gasteiger partial charge in [0.2, 0.25) is 5.91 Å². The summed E-state index contributed by atoms with van der Waals surface area (Å²) in [7, 11) is 4.14. The first kappa shape index (κ1) is 16.0. The maximum absolute atomic E-state index is 11.9. The Morgan fingerprint density at radius 3 is 2.71 bits per heavy atom. The molecule has 1 saturated carbocycles. The molecule has 0 aliphatic heterocycles. The Morgan fingerprint density at radius 1 is 1.43 bits per heavy atom. The lowest BCUT2D eigenvalue weighted by atomic mass is 9.90. The van der Waals surface area contributed by atoms with E-state index in [1.807, 2.05) is 7.05 Å². The first-order valence-corrected chi connectivity index (χ1v) is 7.69. The number of carbonyl (C=O) groups is 1. The van der Waals surface area contributed by atoms with Gasteiger partial charge in [0.15, 0.2) is 5.82 Å². The highest BCUT2D eigenvalue weighted by molar-refractivity contribution is 5.89. The third-order valence-electron chi connectivity index (χ3n) is 4.32. The van der Waals surface area contributed by atoms with Crippen LogP contribution in [0.2, 0.25) is 0 Å². The minimum Gasteiger partial charge on any atom is -0.360 e. The Hall–Kier alpha value is -1.40. The number of rotatable bonds is 6. The highest BCUT2D eigenvalue weighted by atomic mass is 16.5. The van der Waals surface area contributed by atoms with Crippen LogP contribution in [0.15, 0.2) is 10.6 Å². The van der Waals surface area contributed by atoms with Crippen molar-refractivity contribution in [1.82, 2.24) is 15.4 Å². The van der Waals surface area contributed by atoms with Gasteiger partial charge >= 0.3 is 0 Å². The quantitative estimate of drug-likeness (QED) is 0.837. The van der Waals surface area contributed by atoms with Gasteiger partial charge in [0.1, 0.15) is 5.76 Å². The van der Waals surface area contributed by atoms with Crippen LogP contribution in [0.25, 0.3) is 0 Å². The third kappa shape index (κ3) is 4.82. The predicted octanol–water partition coefficient (Wildman–Crippen LogP) is 1.77. The Balaban J connectivity index is 1.68. The zero-order valence-electron chi connectivity index (χ0n) is 13.2. The standard InChI is InChI=1S/C15H26N4O2/c1-11-10-14(18-21-11)17-15(20)8-9-19(3)13-6-4-12(16-2)5-7-13/h10,12-13,16H,4-9H2,1-3H3,(H,17,18,20). The first-order valence-electron chi connectivity index (χ1n) is 7.69. The number of anilines is 1. The Morgan fingerprint density at radius 2 is 2.14 bits per heavy atom. The molecule has 1 aromatic heterocycles. The van der Waals surface area contributed by atoms with Gasteiger partial charge in [-0.05, 0) is 46.7 Å². The summed E-state index contributed by atoms with van der Waals surface area (Å²) in [6.45, 7) is 2.58. The van der Waals surface area contributed by atoms with E-state index in [4.69, 9.17) is 4.52 Å². The summed E-state index contributed by atoms with van der Waals surface area (Å²) in [4.78, 5) is 14.2. The molecular weight excluding hydrogens is 268 g/mol. The largest absolute Gasteiger partial charge is 0.360 e. The number of aryl methyl sites for hydroxylation is 1. The van der Waals surface area contributed by atoms with Crippen molar-refractivity contribution in [1.29, 1.82) is 0 Å². The third-order valence-corrected chi connectivity index (χ3v) is 4.32. The molecule has 21 heavy (non-hydrogen) atoms. The van der Waals surface area contributed by atoms with Crippen molar-refractivity contribution in [3.63, 3.8) is 0 Å². The Bertz CT molecular complexity index is 452. The fraction of sp³-hybridized carbons (Fsp3) is 0.733. The van der Waals surface area contributed by atoms with E-state index in [0.717, 1.165) is 6.54 Å². The van der Waals surface area contributed by atoms with Crippen molar-refractivity contribution in [2.75, 3.05) is 26.0 Å². The topological polar surface area (TPSA) is 70.4 Å². The van der Waals surface area contributed by atoms with E-state index in [-0.39, 0.29) is 5.91 Å². The van der Waals surface area contributed by atoms with E-state index in [9.17, 15) is 4.79 Å². The molecule has 0 spiro atoms.